The minimum Gasteiger partial charge on any atom is -0.372 e. The van der Waals surface area contributed by atoms with E-state index in [4.69, 9.17) is 5.73 Å². The van der Waals surface area contributed by atoms with Crippen molar-refractivity contribution >= 4 is 5.69 Å². The van der Waals surface area contributed by atoms with Crippen LogP contribution in [0.25, 0.3) is 0 Å². The van der Waals surface area contributed by atoms with Crippen LogP contribution >= 0.6 is 0 Å². The van der Waals surface area contributed by atoms with Crippen molar-refractivity contribution in [2.45, 2.75) is 38.1 Å². The summed E-state index contributed by atoms with van der Waals surface area (Å²) in [6.45, 7) is 2.45. The van der Waals surface area contributed by atoms with Gasteiger partial charge in [0.2, 0.25) is 0 Å². The predicted molar refractivity (Wildman–Crippen MR) is 67.8 cm³/mol. The lowest BCUT2D eigenvalue weighted by atomic mass is 10.1. The van der Waals surface area contributed by atoms with Gasteiger partial charge in [0.15, 0.2) is 0 Å². The molecule has 86 valence electrons. The molecule has 2 heteroatoms. The van der Waals surface area contributed by atoms with Crippen molar-refractivity contribution in [3.63, 3.8) is 0 Å². The molecule has 1 aliphatic carbocycles. The Labute approximate surface area is 97.4 Å². The first-order valence-electron chi connectivity index (χ1n) is 6.48. The summed E-state index contributed by atoms with van der Waals surface area (Å²) in [4.78, 5) is 2.52. The zero-order chi connectivity index (χ0) is 11.0. The molecular weight excluding hydrogens is 196 g/mol. The number of hydrogen-bond acceptors (Lipinski definition) is 2. The van der Waals surface area contributed by atoms with Crippen LogP contribution in [0.5, 0.6) is 0 Å². The second-order valence-electron chi connectivity index (χ2n) is 5.08. The molecule has 0 saturated carbocycles. The first kappa shape index (κ1) is 10.2. The third-order valence-corrected chi connectivity index (χ3v) is 3.97. The molecule has 1 aliphatic heterocycles. The summed E-state index contributed by atoms with van der Waals surface area (Å²) in [6.07, 6.45) is 6.37. The smallest absolute Gasteiger partial charge is 0.0369 e. The number of fused-ring (bicyclic) bond motifs is 1. The van der Waals surface area contributed by atoms with Gasteiger partial charge in [-0.2, -0.15) is 0 Å². The maximum atomic E-state index is 6.06. The SMILES string of the molecule is N[C@@H]1CCc2cc(N3CCCCC3)ccc21. The van der Waals surface area contributed by atoms with Crippen LogP contribution in [-0.4, -0.2) is 13.1 Å². The topological polar surface area (TPSA) is 29.3 Å². The van der Waals surface area contributed by atoms with Crippen LogP contribution < -0.4 is 10.6 Å². The van der Waals surface area contributed by atoms with E-state index in [0.29, 0.717) is 0 Å². The molecule has 1 aromatic rings. The molecule has 0 amide bonds. The van der Waals surface area contributed by atoms with Crippen molar-refractivity contribution in [3.8, 4) is 0 Å². The number of benzene rings is 1. The Morgan fingerprint density at radius 1 is 1.12 bits per heavy atom. The molecule has 2 aliphatic rings. The molecule has 1 heterocycles. The molecule has 1 saturated heterocycles. The van der Waals surface area contributed by atoms with Gasteiger partial charge >= 0.3 is 0 Å². The molecule has 1 aromatic carbocycles. The lowest BCUT2D eigenvalue weighted by Gasteiger charge is -2.29. The highest BCUT2D eigenvalue weighted by Crippen LogP contribution is 2.32. The third kappa shape index (κ3) is 1.71. The van der Waals surface area contributed by atoms with Gasteiger partial charge in [-0.3, -0.25) is 0 Å². The van der Waals surface area contributed by atoms with Crippen LogP contribution in [0.15, 0.2) is 18.2 Å². The van der Waals surface area contributed by atoms with Gasteiger partial charge in [-0.05, 0) is 55.4 Å². The van der Waals surface area contributed by atoms with Gasteiger partial charge < -0.3 is 10.6 Å². The van der Waals surface area contributed by atoms with Crippen molar-refractivity contribution in [1.82, 2.24) is 0 Å². The molecule has 1 fully saturated rings. The van der Waals surface area contributed by atoms with E-state index in [1.54, 1.807) is 0 Å². The molecule has 1 atom stereocenters. The molecule has 0 unspecified atom stereocenters. The van der Waals surface area contributed by atoms with Gasteiger partial charge in [-0.1, -0.05) is 6.07 Å². The van der Waals surface area contributed by atoms with Crippen LogP contribution in [0, 0.1) is 0 Å². The van der Waals surface area contributed by atoms with Gasteiger partial charge in [0.25, 0.3) is 0 Å². The number of rotatable bonds is 1. The van der Waals surface area contributed by atoms with Gasteiger partial charge in [0, 0.05) is 24.8 Å². The summed E-state index contributed by atoms with van der Waals surface area (Å²) in [6, 6.07) is 7.16. The third-order valence-electron chi connectivity index (χ3n) is 3.97. The van der Waals surface area contributed by atoms with Crippen molar-refractivity contribution in [2.75, 3.05) is 18.0 Å². The Morgan fingerprint density at radius 3 is 2.75 bits per heavy atom. The summed E-state index contributed by atoms with van der Waals surface area (Å²) in [7, 11) is 0. The first-order valence-corrected chi connectivity index (χ1v) is 6.48. The Bertz CT molecular complexity index is 380. The summed E-state index contributed by atoms with van der Waals surface area (Å²) in [5, 5.41) is 0. The maximum absolute atomic E-state index is 6.06. The molecule has 0 radical (unpaired) electrons. The van der Waals surface area contributed by atoms with E-state index in [2.05, 4.69) is 23.1 Å². The fraction of sp³-hybridized carbons (Fsp3) is 0.571. The lowest BCUT2D eigenvalue weighted by Crippen LogP contribution is -2.29. The fourth-order valence-electron chi connectivity index (χ4n) is 2.99. The number of anilines is 1. The average Bonchev–Trinajstić information content (AvgIpc) is 2.72. The van der Waals surface area contributed by atoms with Crippen LogP contribution in [0.3, 0.4) is 0 Å². The zero-order valence-corrected chi connectivity index (χ0v) is 9.78. The summed E-state index contributed by atoms with van der Waals surface area (Å²) >= 11 is 0. The van der Waals surface area contributed by atoms with Crippen molar-refractivity contribution < 1.29 is 0 Å². The van der Waals surface area contributed by atoms with E-state index < -0.39 is 0 Å². The van der Waals surface area contributed by atoms with Crippen molar-refractivity contribution in [2.24, 2.45) is 5.73 Å². The van der Waals surface area contributed by atoms with Gasteiger partial charge in [-0.15, -0.1) is 0 Å². The monoisotopic (exact) mass is 216 g/mol. The van der Waals surface area contributed by atoms with Crippen LogP contribution in [0.2, 0.25) is 0 Å². The van der Waals surface area contributed by atoms with E-state index in [9.17, 15) is 0 Å². The highest BCUT2D eigenvalue weighted by molar-refractivity contribution is 5.53. The Morgan fingerprint density at radius 2 is 1.94 bits per heavy atom. The molecular formula is C14H20N2. The Hall–Kier alpha value is -1.02. The average molecular weight is 216 g/mol. The van der Waals surface area contributed by atoms with Gasteiger partial charge in [-0.25, -0.2) is 0 Å². The van der Waals surface area contributed by atoms with Crippen LogP contribution in [-0.2, 0) is 6.42 Å². The number of piperidine rings is 1. The van der Waals surface area contributed by atoms with Crippen molar-refractivity contribution in [1.29, 1.82) is 0 Å². The van der Waals surface area contributed by atoms with E-state index in [0.717, 1.165) is 12.8 Å². The Balaban J connectivity index is 1.86. The number of nitrogens with two attached hydrogens (primary N) is 1. The Kier molecular flexibility index (Phi) is 2.60. The van der Waals surface area contributed by atoms with Gasteiger partial charge in [0.1, 0.15) is 0 Å². The van der Waals surface area contributed by atoms with E-state index in [-0.39, 0.29) is 6.04 Å². The molecule has 0 aromatic heterocycles. The number of nitrogens with zero attached hydrogens (tertiary/aromatic N) is 1. The normalized spacial score (nSPS) is 24.6. The molecule has 0 spiro atoms. The highest BCUT2D eigenvalue weighted by atomic mass is 15.1. The molecule has 16 heavy (non-hydrogen) atoms. The molecule has 0 bridgehead atoms. The molecule has 2 N–H and O–H groups in total. The maximum Gasteiger partial charge on any atom is 0.0369 e. The largest absolute Gasteiger partial charge is 0.372 e. The van der Waals surface area contributed by atoms with Gasteiger partial charge in [0.05, 0.1) is 0 Å². The number of hydrogen-bond donors (Lipinski definition) is 1. The van der Waals surface area contributed by atoms with E-state index in [1.165, 1.54) is 49.2 Å². The summed E-state index contributed by atoms with van der Waals surface area (Å²) < 4.78 is 0. The minimum absolute atomic E-state index is 0.283. The quantitative estimate of drug-likeness (QED) is 0.782. The predicted octanol–water partition coefficient (Wildman–Crippen LogP) is 2.62. The summed E-state index contributed by atoms with van der Waals surface area (Å²) in [5.74, 6) is 0. The van der Waals surface area contributed by atoms with Crippen molar-refractivity contribution in [3.05, 3.63) is 29.3 Å². The highest BCUT2D eigenvalue weighted by Gasteiger charge is 2.20. The minimum atomic E-state index is 0.283. The first-order chi connectivity index (χ1) is 7.84. The molecule has 2 nitrogen and oxygen atoms in total. The zero-order valence-electron chi connectivity index (χ0n) is 9.78. The second kappa shape index (κ2) is 4.10. The fourth-order valence-corrected chi connectivity index (χ4v) is 2.99. The van der Waals surface area contributed by atoms with E-state index >= 15 is 0 Å². The molecule has 3 rings (SSSR count). The van der Waals surface area contributed by atoms with E-state index in [1.807, 2.05) is 0 Å². The second-order valence-corrected chi connectivity index (χ2v) is 5.08. The number of aryl methyl sites for hydroxylation is 1. The lowest BCUT2D eigenvalue weighted by molar-refractivity contribution is 0.577. The van der Waals surface area contributed by atoms with Crippen LogP contribution in [0.1, 0.15) is 42.9 Å². The standard InChI is InChI=1S/C14H20N2/c15-14-7-4-11-10-12(5-6-13(11)14)16-8-2-1-3-9-16/h5-6,10,14H,1-4,7-9,15H2/t14-/m1/s1. The van der Waals surface area contributed by atoms with Crippen LogP contribution in [0.4, 0.5) is 5.69 Å². The summed E-state index contributed by atoms with van der Waals surface area (Å²) in [5.41, 5.74) is 10.3.